The Kier molecular flexibility index (Phi) is 5.18. The van der Waals surface area contributed by atoms with Gasteiger partial charge in [-0.25, -0.2) is 9.18 Å². The summed E-state index contributed by atoms with van der Waals surface area (Å²) in [6.45, 7) is 5.13. The maximum Gasteiger partial charge on any atom is 0.407 e. The van der Waals surface area contributed by atoms with E-state index in [9.17, 15) is 18.8 Å². The first-order valence-corrected chi connectivity index (χ1v) is 8.86. The molecule has 0 spiro atoms. The number of halogens is 1. The number of nitrogens with one attached hydrogen (secondary N) is 1. The number of ether oxygens (including phenoxy) is 1. The molecule has 1 aliphatic heterocycles. The Morgan fingerprint density at radius 2 is 1.57 bits per heavy atom. The van der Waals surface area contributed by atoms with E-state index in [1.165, 1.54) is 24.3 Å². The van der Waals surface area contributed by atoms with Gasteiger partial charge in [-0.1, -0.05) is 24.3 Å². The predicted octanol–water partition coefficient (Wildman–Crippen LogP) is 3.69. The minimum absolute atomic E-state index is 0.0635. The highest BCUT2D eigenvalue weighted by Gasteiger charge is 2.40. The minimum Gasteiger partial charge on any atom is -0.444 e. The molecule has 1 unspecified atom stereocenters. The average molecular weight is 384 g/mol. The Bertz CT molecular complexity index is 884. The maximum absolute atomic E-state index is 13.4. The quantitative estimate of drug-likeness (QED) is 0.816. The van der Waals surface area contributed by atoms with Crippen molar-refractivity contribution in [1.82, 2.24) is 10.2 Å². The van der Waals surface area contributed by atoms with Gasteiger partial charge in [0.15, 0.2) is 0 Å². The van der Waals surface area contributed by atoms with Gasteiger partial charge in [-0.2, -0.15) is 0 Å². The highest BCUT2D eigenvalue weighted by atomic mass is 19.1. The third-order valence-electron chi connectivity index (χ3n) is 4.23. The van der Waals surface area contributed by atoms with Gasteiger partial charge in [-0.3, -0.25) is 14.5 Å². The van der Waals surface area contributed by atoms with Crippen LogP contribution in [0.5, 0.6) is 0 Å². The highest BCUT2D eigenvalue weighted by molar-refractivity contribution is 6.21. The molecular weight excluding hydrogens is 363 g/mol. The lowest BCUT2D eigenvalue weighted by atomic mass is 10.1. The Morgan fingerprint density at radius 1 is 1.04 bits per heavy atom. The molecule has 3 amide bonds. The van der Waals surface area contributed by atoms with Gasteiger partial charge in [-0.15, -0.1) is 0 Å². The van der Waals surface area contributed by atoms with Crippen LogP contribution in [0.2, 0.25) is 0 Å². The molecule has 7 heteroatoms. The maximum atomic E-state index is 13.4. The number of fused-ring (bicyclic) bond motifs is 1. The number of nitrogens with zero attached hydrogens (tertiary/aromatic N) is 1. The van der Waals surface area contributed by atoms with Gasteiger partial charge >= 0.3 is 6.09 Å². The molecule has 1 N–H and O–H groups in total. The second-order valence-corrected chi connectivity index (χ2v) is 7.48. The lowest BCUT2D eigenvalue weighted by Gasteiger charge is -2.28. The van der Waals surface area contributed by atoms with E-state index in [-0.39, 0.29) is 6.54 Å². The van der Waals surface area contributed by atoms with Crippen molar-refractivity contribution in [3.05, 3.63) is 71.0 Å². The molecule has 1 aliphatic rings. The molecule has 146 valence electrons. The van der Waals surface area contributed by atoms with Crippen LogP contribution in [-0.2, 0) is 4.74 Å². The topological polar surface area (TPSA) is 75.7 Å². The van der Waals surface area contributed by atoms with Crippen molar-refractivity contribution < 1.29 is 23.5 Å². The molecule has 0 radical (unpaired) electrons. The summed E-state index contributed by atoms with van der Waals surface area (Å²) in [5, 5.41) is 2.60. The summed E-state index contributed by atoms with van der Waals surface area (Å²) in [4.78, 5) is 38.9. The van der Waals surface area contributed by atoms with Crippen molar-refractivity contribution >= 4 is 17.9 Å². The summed E-state index contributed by atoms with van der Waals surface area (Å²) < 4.78 is 18.6. The Labute approximate surface area is 162 Å². The Hall–Kier alpha value is -3.22. The summed E-state index contributed by atoms with van der Waals surface area (Å²) in [5.41, 5.74) is 0.436. The average Bonchev–Trinajstić information content (AvgIpc) is 2.87. The fourth-order valence-electron chi connectivity index (χ4n) is 3.03. The predicted molar refractivity (Wildman–Crippen MR) is 100 cm³/mol. The van der Waals surface area contributed by atoms with Crippen LogP contribution < -0.4 is 5.32 Å². The highest BCUT2D eigenvalue weighted by Crippen LogP contribution is 2.31. The van der Waals surface area contributed by atoms with Crippen molar-refractivity contribution in [2.24, 2.45) is 0 Å². The number of alkyl carbamates (subject to hydrolysis) is 1. The van der Waals surface area contributed by atoms with Gasteiger partial charge in [0.05, 0.1) is 17.2 Å². The fourth-order valence-corrected chi connectivity index (χ4v) is 3.03. The Morgan fingerprint density at radius 3 is 2.07 bits per heavy atom. The number of rotatable bonds is 4. The first kappa shape index (κ1) is 19.5. The van der Waals surface area contributed by atoms with Crippen LogP contribution in [0.4, 0.5) is 9.18 Å². The van der Waals surface area contributed by atoms with E-state index >= 15 is 0 Å². The van der Waals surface area contributed by atoms with Crippen LogP contribution in [0.25, 0.3) is 0 Å². The third-order valence-corrected chi connectivity index (χ3v) is 4.23. The number of hydrogen-bond donors (Lipinski definition) is 1. The smallest absolute Gasteiger partial charge is 0.407 e. The molecule has 1 heterocycles. The van der Waals surface area contributed by atoms with E-state index in [4.69, 9.17) is 4.74 Å². The zero-order valence-corrected chi connectivity index (χ0v) is 15.9. The first-order valence-electron chi connectivity index (χ1n) is 8.86. The molecule has 0 saturated heterocycles. The molecule has 2 aromatic rings. The number of carbonyl (C=O) groups excluding carboxylic acids is 3. The first-order chi connectivity index (χ1) is 13.2. The zero-order valence-electron chi connectivity index (χ0n) is 15.9. The summed E-state index contributed by atoms with van der Waals surface area (Å²) in [6, 6.07) is 11.2. The number of hydrogen-bond acceptors (Lipinski definition) is 4. The van der Waals surface area contributed by atoms with Crippen LogP contribution in [0, 0.1) is 5.82 Å². The number of benzene rings is 2. The van der Waals surface area contributed by atoms with Crippen molar-refractivity contribution in [3.8, 4) is 0 Å². The van der Waals surface area contributed by atoms with Crippen LogP contribution in [0.1, 0.15) is 53.1 Å². The molecule has 0 fully saturated rings. The van der Waals surface area contributed by atoms with Gasteiger partial charge in [0, 0.05) is 6.54 Å². The van der Waals surface area contributed by atoms with E-state index in [0.29, 0.717) is 16.7 Å². The molecule has 3 rings (SSSR count). The van der Waals surface area contributed by atoms with Gasteiger partial charge in [0.25, 0.3) is 11.8 Å². The van der Waals surface area contributed by atoms with Gasteiger partial charge in [0.2, 0.25) is 0 Å². The molecule has 28 heavy (non-hydrogen) atoms. The van der Waals surface area contributed by atoms with Crippen LogP contribution in [-0.4, -0.2) is 35.0 Å². The molecule has 6 nitrogen and oxygen atoms in total. The lowest BCUT2D eigenvalue weighted by molar-refractivity contribution is 0.0467. The van der Waals surface area contributed by atoms with Crippen molar-refractivity contribution in [2.75, 3.05) is 6.54 Å². The third kappa shape index (κ3) is 4.03. The van der Waals surface area contributed by atoms with Gasteiger partial charge < -0.3 is 10.1 Å². The summed E-state index contributed by atoms with van der Waals surface area (Å²) in [7, 11) is 0. The van der Waals surface area contributed by atoms with Crippen LogP contribution in [0.15, 0.2) is 48.5 Å². The lowest BCUT2D eigenvalue weighted by Crippen LogP contribution is -2.42. The molecule has 0 bridgehead atoms. The molecular formula is C21H21FN2O4. The number of amides is 3. The van der Waals surface area contributed by atoms with Crippen LogP contribution in [0.3, 0.4) is 0 Å². The van der Waals surface area contributed by atoms with Crippen molar-refractivity contribution in [3.63, 3.8) is 0 Å². The number of imide groups is 1. The van der Waals surface area contributed by atoms with Crippen LogP contribution >= 0.6 is 0 Å². The standard InChI is InChI=1S/C21H21FN2O4/c1-21(2,3)28-20(27)23-12-17(13-8-10-14(22)11-9-13)24-18(25)15-6-4-5-7-16(15)19(24)26/h4-11,17H,12H2,1-3H3,(H,23,27). The molecule has 0 aliphatic carbocycles. The number of carbonyl (C=O) groups is 3. The van der Waals surface area contributed by atoms with Gasteiger partial charge in [-0.05, 0) is 50.6 Å². The second kappa shape index (κ2) is 7.42. The summed E-state index contributed by atoms with van der Waals surface area (Å²) in [5.74, 6) is -1.35. The van der Waals surface area contributed by atoms with E-state index in [0.717, 1.165) is 4.90 Å². The SMILES string of the molecule is CC(C)(C)OC(=O)NCC(c1ccc(F)cc1)N1C(=O)c2ccccc2C1=O. The summed E-state index contributed by atoms with van der Waals surface area (Å²) in [6.07, 6.45) is -0.670. The molecule has 0 saturated carbocycles. The molecule has 1 atom stereocenters. The monoisotopic (exact) mass is 384 g/mol. The van der Waals surface area contributed by atoms with E-state index in [1.54, 1.807) is 45.0 Å². The van der Waals surface area contributed by atoms with Crippen molar-refractivity contribution in [2.45, 2.75) is 32.4 Å². The largest absolute Gasteiger partial charge is 0.444 e. The second-order valence-electron chi connectivity index (χ2n) is 7.48. The van der Waals surface area contributed by atoms with Gasteiger partial charge in [0.1, 0.15) is 11.4 Å². The van der Waals surface area contributed by atoms with E-state index in [1.807, 2.05) is 0 Å². The summed E-state index contributed by atoms with van der Waals surface area (Å²) >= 11 is 0. The molecule has 2 aromatic carbocycles. The molecule has 0 aromatic heterocycles. The van der Waals surface area contributed by atoms with Crippen molar-refractivity contribution in [1.29, 1.82) is 0 Å². The zero-order chi connectivity index (χ0) is 20.5. The normalized spacial score (nSPS) is 14.6. The van der Waals surface area contributed by atoms with E-state index in [2.05, 4.69) is 5.32 Å². The van der Waals surface area contributed by atoms with E-state index < -0.39 is 35.4 Å². The minimum atomic E-state index is -0.805. The Balaban J connectivity index is 1.89. The fraction of sp³-hybridized carbons (Fsp3) is 0.286.